The van der Waals surface area contributed by atoms with Gasteiger partial charge in [0.05, 0.1) is 17.6 Å². The van der Waals surface area contributed by atoms with Gasteiger partial charge in [0, 0.05) is 5.02 Å². The molecule has 0 aliphatic carbocycles. The Morgan fingerprint density at radius 3 is 2.31 bits per heavy atom. The summed E-state index contributed by atoms with van der Waals surface area (Å²) in [4.78, 5) is 4.81. The summed E-state index contributed by atoms with van der Waals surface area (Å²) in [5.74, 6) is 1.72. The van der Waals surface area contributed by atoms with Crippen LogP contribution >= 0.6 is 11.6 Å². The molecule has 1 aromatic heterocycles. The van der Waals surface area contributed by atoms with Gasteiger partial charge in [-0.1, -0.05) is 74.8 Å². The molecule has 3 nitrogen and oxygen atoms in total. The van der Waals surface area contributed by atoms with Gasteiger partial charge in [-0.25, -0.2) is 4.98 Å². The monoisotopic (exact) mass is 404 g/mol. The summed E-state index contributed by atoms with van der Waals surface area (Å²) >= 11 is 6.40. The summed E-state index contributed by atoms with van der Waals surface area (Å²) in [5.41, 5.74) is 4.51. The summed E-state index contributed by atoms with van der Waals surface area (Å²) in [5, 5.41) is 0.759. The Kier molecular flexibility index (Phi) is 5.33. The predicted octanol–water partition coefficient (Wildman–Crippen LogP) is 6.61. The van der Waals surface area contributed by atoms with Crippen LogP contribution in [-0.2, 0) is 18.6 Å². The number of benzene rings is 3. The molecule has 0 fully saturated rings. The minimum Gasteiger partial charge on any atom is -0.486 e. The lowest BCUT2D eigenvalue weighted by Gasteiger charge is -2.19. The number of halogens is 1. The van der Waals surface area contributed by atoms with Crippen LogP contribution in [0.3, 0.4) is 0 Å². The van der Waals surface area contributed by atoms with E-state index < -0.39 is 0 Å². The molecule has 0 unspecified atom stereocenters. The number of para-hydroxylation sites is 2. The fraction of sp³-hybridized carbons (Fsp3) is 0.240. The zero-order chi connectivity index (χ0) is 20.4. The average molecular weight is 405 g/mol. The highest BCUT2D eigenvalue weighted by Gasteiger charge is 2.15. The number of hydrogen-bond donors (Lipinski definition) is 0. The molecule has 0 atom stereocenters. The van der Waals surface area contributed by atoms with Crippen molar-refractivity contribution >= 4 is 22.6 Å². The quantitative estimate of drug-likeness (QED) is 0.374. The highest BCUT2D eigenvalue weighted by molar-refractivity contribution is 6.31. The number of aromatic nitrogens is 2. The van der Waals surface area contributed by atoms with E-state index in [0.29, 0.717) is 13.2 Å². The molecule has 0 saturated carbocycles. The van der Waals surface area contributed by atoms with E-state index in [1.165, 1.54) is 5.56 Å². The first kappa shape index (κ1) is 19.5. The molecule has 0 N–H and O–H groups in total. The van der Waals surface area contributed by atoms with E-state index in [1.54, 1.807) is 0 Å². The van der Waals surface area contributed by atoms with Gasteiger partial charge < -0.3 is 9.30 Å². The van der Waals surface area contributed by atoms with E-state index in [1.807, 2.05) is 54.6 Å². The van der Waals surface area contributed by atoms with Crippen molar-refractivity contribution in [1.82, 2.24) is 9.55 Å². The fourth-order valence-electron chi connectivity index (χ4n) is 3.41. The highest BCUT2D eigenvalue weighted by atomic mass is 35.5. The molecule has 4 rings (SSSR count). The molecule has 0 saturated heterocycles. The second-order valence-electron chi connectivity index (χ2n) is 8.26. The normalized spacial score (nSPS) is 11.7. The van der Waals surface area contributed by atoms with E-state index in [0.717, 1.165) is 33.2 Å². The third kappa shape index (κ3) is 4.30. The van der Waals surface area contributed by atoms with Gasteiger partial charge in [0.15, 0.2) is 0 Å². The number of ether oxygens (including phenoxy) is 1. The van der Waals surface area contributed by atoms with E-state index in [2.05, 4.69) is 43.5 Å². The SMILES string of the molecule is CC(C)(C)c1ccc(OCc2nc3ccccc3n2Cc2ccccc2Cl)cc1. The standard InChI is InChI=1S/C25H25ClN2O/c1-25(2,3)19-12-14-20(15-13-19)29-17-24-27-22-10-6-7-11-23(22)28(24)16-18-8-4-5-9-21(18)26/h4-15H,16-17H2,1-3H3. The first-order valence-electron chi connectivity index (χ1n) is 9.83. The molecule has 0 amide bonds. The van der Waals surface area contributed by atoms with Crippen molar-refractivity contribution < 1.29 is 4.74 Å². The van der Waals surface area contributed by atoms with Gasteiger partial charge in [-0.15, -0.1) is 0 Å². The first-order valence-corrected chi connectivity index (χ1v) is 10.2. The van der Waals surface area contributed by atoms with Crippen molar-refractivity contribution in [3.05, 3.63) is 94.8 Å². The van der Waals surface area contributed by atoms with Crippen LogP contribution in [0.4, 0.5) is 0 Å². The number of rotatable bonds is 5. The predicted molar refractivity (Wildman–Crippen MR) is 120 cm³/mol. The minimum absolute atomic E-state index is 0.126. The smallest absolute Gasteiger partial charge is 0.148 e. The van der Waals surface area contributed by atoms with Gasteiger partial charge >= 0.3 is 0 Å². The van der Waals surface area contributed by atoms with Crippen LogP contribution in [0.25, 0.3) is 11.0 Å². The molecule has 1 heterocycles. The third-order valence-corrected chi connectivity index (χ3v) is 5.48. The molecule has 0 aliphatic heterocycles. The Bertz CT molecular complexity index is 1120. The van der Waals surface area contributed by atoms with Crippen LogP contribution in [0.5, 0.6) is 5.75 Å². The Morgan fingerprint density at radius 2 is 1.59 bits per heavy atom. The molecule has 3 aromatic carbocycles. The molecule has 0 bridgehead atoms. The van der Waals surface area contributed by atoms with Crippen LogP contribution in [0.1, 0.15) is 37.7 Å². The summed E-state index contributed by atoms with van der Waals surface area (Å²) in [6, 6.07) is 24.4. The maximum absolute atomic E-state index is 6.40. The molecule has 4 heteroatoms. The molecule has 0 spiro atoms. The topological polar surface area (TPSA) is 27.1 Å². The van der Waals surface area contributed by atoms with E-state index in [-0.39, 0.29) is 5.41 Å². The van der Waals surface area contributed by atoms with Crippen LogP contribution in [-0.4, -0.2) is 9.55 Å². The first-order chi connectivity index (χ1) is 13.9. The van der Waals surface area contributed by atoms with Crippen molar-refractivity contribution in [2.24, 2.45) is 0 Å². The molecule has 0 radical (unpaired) electrons. The Morgan fingerprint density at radius 1 is 0.897 bits per heavy atom. The second kappa shape index (κ2) is 7.92. The summed E-state index contributed by atoms with van der Waals surface area (Å²) in [6.07, 6.45) is 0. The van der Waals surface area contributed by atoms with Gasteiger partial charge in [-0.3, -0.25) is 0 Å². The zero-order valence-electron chi connectivity index (χ0n) is 17.0. The number of fused-ring (bicyclic) bond motifs is 1. The lowest BCUT2D eigenvalue weighted by Crippen LogP contribution is -2.11. The van der Waals surface area contributed by atoms with Crippen molar-refractivity contribution in [2.45, 2.75) is 39.3 Å². The van der Waals surface area contributed by atoms with Crippen LogP contribution < -0.4 is 4.74 Å². The minimum atomic E-state index is 0.126. The second-order valence-corrected chi connectivity index (χ2v) is 8.66. The van der Waals surface area contributed by atoms with Crippen LogP contribution in [0.15, 0.2) is 72.8 Å². The summed E-state index contributed by atoms with van der Waals surface area (Å²) in [6.45, 7) is 7.68. The molecule has 29 heavy (non-hydrogen) atoms. The number of hydrogen-bond acceptors (Lipinski definition) is 2. The van der Waals surface area contributed by atoms with Gasteiger partial charge in [0.2, 0.25) is 0 Å². The fourth-order valence-corrected chi connectivity index (χ4v) is 3.60. The lowest BCUT2D eigenvalue weighted by molar-refractivity contribution is 0.291. The highest BCUT2D eigenvalue weighted by Crippen LogP contribution is 2.26. The van der Waals surface area contributed by atoms with Crippen molar-refractivity contribution in [3.8, 4) is 5.75 Å². The maximum Gasteiger partial charge on any atom is 0.148 e. The van der Waals surface area contributed by atoms with Gasteiger partial charge in [-0.05, 0) is 46.9 Å². The van der Waals surface area contributed by atoms with Crippen LogP contribution in [0, 0.1) is 0 Å². The van der Waals surface area contributed by atoms with Gasteiger partial charge in [0.1, 0.15) is 18.2 Å². The molecule has 0 aliphatic rings. The Labute approximate surface area is 176 Å². The van der Waals surface area contributed by atoms with E-state index >= 15 is 0 Å². The van der Waals surface area contributed by atoms with Crippen molar-refractivity contribution in [2.75, 3.05) is 0 Å². The maximum atomic E-state index is 6.40. The van der Waals surface area contributed by atoms with Gasteiger partial charge in [-0.2, -0.15) is 0 Å². The number of nitrogens with zero attached hydrogens (tertiary/aromatic N) is 2. The van der Waals surface area contributed by atoms with Crippen molar-refractivity contribution in [3.63, 3.8) is 0 Å². The molecular weight excluding hydrogens is 380 g/mol. The van der Waals surface area contributed by atoms with E-state index in [9.17, 15) is 0 Å². The third-order valence-electron chi connectivity index (χ3n) is 5.11. The lowest BCUT2D eigenvalue weighted by atomic mass is 9.87. The summed E-state index contributed by atoms with van der Waals surface area (Å²) in [7, 11) is 0. The Balaban J connectivity index is 1.61. The largest absolute Gasteiger partial charge is 0.486 e. The average Bonchev–Trinajstić information content (AvgIpc) is 3.05. The number of imidazole rings is 1. The summed E-state index contributed by atoms with van der Waals surface area (Å²) < 4.78 is 8.26. The zero-order valence-corrected chi connectivity index (χ0v) is 17.8. The molecule has 4 aromatic rings. The van der Waals surface area contributed by atoms with Gasteiger partial charge in [0.25, 0.3) is 0 Å². The molecule has 148 valence electrons. The molecular formula is C25H25ClN2O. The van der Waals surface area contributed by atoms with E-state index in [4.69, 9.17) is 21.3 Å². The van der Waals surface area contributed by atoms with Crippen LogP contribution in [0.2, 0.25) is 5.02 Å². The Hall–Kier alpha value is -2.78. The van der Waals surface area contributed by atoms with Crippen molar-refractivity contribution in [1.29, 1.82) is 0 Å².